The monoisotopic (exact) mass is 418 g/mol. The first-order chi connectivity index (χ1) is 15.2. The molecule has 0 aromatic heterocycles. The van der Waals surface area contributed by atoms with E-state index in [9.17, 15) is 0 Å². The van der Waals surface area contributed by atoms with Gasteiger partial charge in [0.05, 0.1) is 0 Å². The Morgan fingerprint density at radius 3 is 2.42 bits per heavy atom. The van der Waals surface area contributed by atoms with E-state index in [0.717, 1.165) is 35.5 Å². The zero-order valence-electron chi connectivity index (χ0n) is 18.6. The number of hydrogen-bond donors (Lipinski definition) is 0. The summed E-state index contributed by atoms with van der Waals surface area (Å²) in [7, 11) is 0. The minimum absolute atomic E-state index is 0.118. The second-order valence-electron chi connectivity index (χ2n) is 9.44. The van der Waals surface area contributed by atoms with Gasteiger partial charge >= 0.3 is 0 Å². The molecule has 31 heavy (non-hydrogen) atoms. The van der Waals surface area contributed by atoms with Crippen LogP contribution in [0.2, 0.25) is 0 Å². The SMILES string of the molecule is C=CCCC1CCC2CC(c3ccc(-c4ccc(OCC=C)cc4)c(F)c3)CCC2C1. The van der Waals surface area contributed by atoms with Crippen molar-refractivity contribution in [2.75, 3.05) is 6.61 Å². The van der Waals surface area contributed by atoms with Gasteiger partial charge in [-0.25, -0.2) is 4.39 Å². The van der Waals surface area contributed by atoms with Gasteiger partial charge in [0.2, 0.25) is 0 Å². The smallest absolute Gasteiger partial charge is 0.131 e. The highest BCUT2D eigenvalue weighted by molar-refractivity contribution is 5.65. The Morgan fingerprint density at radius 1 is 0.903 bits per heavy atom. The molecular weight excluding hydrogens is 383 g/mol. The van der Waals surface area contributed by atoms with Crippen molar-refractivity contribution in [3.63, 3.8) is 0 Å². The van der Waals surface area contributed by atoms with E-state index in [0.29, 0.717) is 18.1 Å². The van der Waals surface area contributed by atoms with Crippen molar-refractivity contribution in [1.82, 2.24) is 0 Å². The van der Waals surface area contributed by atoms with Crippen molar-refractivity contribution in [2.45, 2.75) is 57.3 Å². The van der Waals surface area contributed by atoms with Gasteiger partial charge < -0.3 is 4.74 Å². The first-order valence-corrected chi connectivity index (χ1v) is 11.9. The molecule has 2 saturated carbocycles. The number of hydrogen-bond acceptors (Lipinski definition) is 1. The van der Waals surface area contributed by atoms with Gasteiger partial charge in [0, 0.05) is 5.56 Å². The van der Waals surface area contributed by atoms with Crippen LogP contribution in [0.4, 0.5) is 4.39 Å². The summed E-state index contributed by atoms with van der Waals surface area (Å²) < 4.78 is 20.6. The zero-order valence-corrected chi connectivity index (χ0v) is 18.6. The summed E-state index contributed by atoms with van der Waals surface area (Å²) in [6, 6.07) is 13.5. The lowest BCUT2D eigenvalue weighted by Gasteiger charge is -2.42. The van der Waals surface area contributed by atoms with Crippen molar-refractivity contribution in [3.05, 3.63) is 79.2 Å². The fourth-order valence-electron chi connectivity index (χ4n) is 5.81. The van der Waals surface area contributed by atoms with Gasteiger partial charge in [-0.05, 0) is 97.9 Å². The summed E-state index contributed by atoms with van der Waals surface area (Å²) in [5.74, 6) is 3.75. The number of rotatable bonds is 8. The quantitative estimate of drug-likeness (QED) is 0.392. The lowest BCUT2D eigenvalue weighted by Crippen LogP contribution is -2.30. The summed E-state index contributed by atoms with van der Waals surface area (Å²) in [6.45, 7) is 8.01. The third-order valence-corrected chi connectivity index (χ3v) is 7.50. The molecule has 2 aliphatic rings. The molecule has 0 heterocycles. The lowest BCUT2D eigenvalue weighted by molar-refractivity contribution is 0.115. The fraction of sp³-hybridized carbons (Fsp3) is 0.448. The summed E-state index contributed by atoms with van der Waals surface area (Å²) in [4.78, 5) is 0. The maximum absolute atomic E-state index is 15.0. The van der Waals surface area contributed by atoms with Gasteiger partial charge in [0.25, 0.3) is 0 Å². The van der Waals surface area contributed by atoms with Crippen LogP contribution in [-0.2, 0) is 0 Å². The topological polar surface area (TPSA) is 9.23 Å². The number of benzene rings is 2. The third kappa shape index (κ3) is 5.29. The van der Waals surface area contributed by atoms with Crippen LogP contribution in [0.25, 0.3) is 11.1 Å². The van der Waals surface area contributed by atoms with Crippen LogP contribution in [0.1, 0.15) is 62.8 Å². The van der Waals surface area contributed by atoms with Crippen LogP contribution in [-0.4, -0.2) is 6.61 Å². The van der Waals surface area contributed by atoms with Gasteiger partial charge in [0.1, 0.15) is 18.2 Å². The number of ether oxygens (including phenoxy) is 1. The first kappa shape index (κ1) is 21.9. The zero-order chi connectivity index (χ0) is 21.6. The maximum Gasteiger partial charge on any atom is 0.131 e. The van der Waals surface area contributed by atoms with Crippen LogP contribution < -0.4 is 4.74 Å². The molecule has 1 nitrogen and oxygen atoms in total. The van der Waals surface area contributed by atoms with Crippen molar-refractivity contribution in [3.8, 4) is 16.9 Å². The predicted molar refractivity (Wildman–Crippen MR) is 128 cm³/mol. The molecule has 2 heteroatoms. The van der Waals surface area contributed by atoms with Crippen molar-refractivity contribution >= 4 is 0 Å². The number of allylic oxidation sites excluding steroid dienone is 1. The normalized spacial score (nSPS) is 25.5. The van der Waals surface area contributed by atoms with E-state index >= 15 is 4.39 Å². The molecule has 2 aromatic rings. The summed E-state index contributed by atoms with van der Waals surface area (Å²) in [5.41, 5.74) is 2.73. The summed E-state index contributed by atoms with van der Waals surface area (Å²) >= 11 is 0. The van der Waals surface area contributed by atoms with Crippen LogP contribution in [0.15, 0.2) is 67.8 Å². The molecule has 164 valence electrons. The lowest BCUT2D eigenvalue weighted by atomic mass is 9.63. The molecule has 0 amide bonds. The predicted octanol–water partition coefficient (Wildman–Crippen LogP) is 8.32. The average molecular weight is 419 g/mol. The first-order valence-electron chi connectivity index (χ1n) is 11.9. The van der Waals surface area contributed by atoms with Gasteiger partial charge in [-0.2, -0.15) is 0 Å². The molecule has 0 radical (unpaired) electrons. The minimum Gasteiger partial charge on any atom is -0.490 e. The Bertz CT molecular complexity index is 884. The van der Waals surface area contributed by atoms with E-state index < -0.39 is 0 Å². The molecule has 2 aromatic carbocycles. The van der Waals surface area contributed by atoms with Crippen molar-refractivity contribution in [2.24, 2.45) is 17.8 Å². The molecule has 0 N–H and O–H groups in total. The largest absolute Gasteiger partial charge is 0.490 e. The van der Waals surface area contributed by atoms with Crippen LogP contribution >= 0.6 is 0 Å². The fourth-order valence-corrected chi connectivity index (χ4v) is 5.81. The average Bonchev–Trinajstić information content (AvgIpc) is 2.81. The van der Waals surface area contributed by atoms with Crippen LogP contribution in [0.5, 0.6) is 5.75 Å². The highest BCUT2D eigenvalue weighted by Gasteiger charge is 2.35. The van der Waals surface area contributed by atoms with Gasteiger partial charge in [-0.3, -0.25) is 0 Å². The molecule has 2 aliphatic carbocycles. The minimum atomic E-state index is -0.118. The molecule has 4 atom stereocenters. The van der Waals surface area contributed by atoms with Gasteiger partial charge in [-0.1, -0.05) is 49.4 Å². The molecule has 0 aliphatic heterocycles. The van der Waals surface area contributed by atoms with Crippen LogP contribution in [0.3, 0.4) is 0 Å². The van der Waals surface area contributed by atoms with E-state index in [4.69, 9.17) is 4.74 Å². The second kappa shape index (κ2) is 10.3. The summed E-state index contributed by atoms with van der Waals surface area (Å²) in [6.07, 6.45) is 14.1. The maximum atomic E-state index is 15.0. The third-order valence-electron chi connectivity index (χ3n) is 7.50. The van der Waals surface area contributed by atoms with E-state index in [1.807, 2.05) is 30.3 Å². The van der Waals surface area contributed by atoms with E-state index in [1.165, 1.54) is 50.5 Å². The molecule has 0 spiro atoms. The standard InChI is InChI=1S/C29H35FO/c1-3-5-6-21-7-8-24-19-25(10-9-23(24)18-21)26-13-16-28(29(30)20-26)22-11-14-27(15-12-22)31-17-4-2/h3-4,11-16,20-21,23-25H,1-2,5-10,17-19H2. The Labute approximate surface area is 187 Å². The Kier molecular flexibility index (Phi) is 7.27. The van der Waals surface area contributed by atoms with Gasteiger partial charge in [0.15, 0.2) is 0 Å². The molecule has 4 rings (SSSR count). The van der Waals surface area contributed by atoms with Crippen molar-refractivity contribution in [1.29, 1.82) is 0 Å². The van der Waals surface area contributed by atoms with Crippen molar-refractivity contribution < 1.29 is 9.13 Å². The molecule has 0 saturated heterocycles. The number of halogens is 1. The Balaban J connectivity index is 1.40. The highest BCUT2D eigenvalue weighted by Crippen LogP contribution is 2.48. The molecule has 4 unspecified atom stereocenters. The molecule has 2 fully saturated rings. The van der Waals surface area contributed by atoms with E-state index in [2.05, 4.69) is 25.3 Å². The number of fused-ring (bicyclic) bond motifs is 1. The Morgan fingerprint density at radius 2 is 1.68 bits per heavy atom. The highest BCUT2D eigenvalue weighted by atomic mass is 19.1. The molecule has 0 bridgehead atoms. The summed E-state index contributed by atoms with van der Waals surface area (Å²) in [5, 5.41) is 0. The molecular formula is C29H35FO. The van der Waals surface area contributed by atoms with Gasteiger partial charge in [-0.15, -0.1) is 6.58 Å². The second-order valence-corrected chi connectivity index (χ2v) is 9.44. The Hall–Kier alpha value is -2.35. The van der Waals surface area contributed by atoms with E-state index in [1.54, 1.807) is 12.1 Å². The van der Waals surface area contributed by atoms with Crippen LogP contribution in [0, 0.1) is 23.6 Å². The van der Waals surface area contributed by atoms with E-state index in [-0.39, 0.29) is 5.82 Å².